The van der Waals surface area contributed by atoms with Gasteiger partial charge in [0.05, 0.1) is 17.3 Å². The summed E-state index contributed by atoms with van der Waals surface area (Å²) in [5, 5.41) is 2.56. The van der Waals surface area contributed by atoms with Gasteiger partial charge in [0.15, 0.2) is 9.84 Å². The number of amides is 1. The molecule has 0 spiro atoms. The van der Waals surface area contributed by atoms with Gasteiger partial charge in [-0.25, -0.2) is 12.6 Å². The molecule has 0 heterocycles. The molecule has 2 rings (SSSR count). The summed E-state index contributed by atoms with van der Waals surface area (Å²) in [6, 6.07) is 11.6. The number of sulfone groups is 1. The predicted octanol–water partition coefficient (Wildman–Crippen LogP) is 1.11. The number of nitrogens with one attached hydrogen (secondary N) is 1. The second-order valence-electron chi connectivity index (χ2n) is 5.17. The minimum absolute atomic E-state index is 0.133. The summed E-state index contributed by atoms with van der Waals surface area (Å²) in [5.74, 6) is -1.11. The van der Waals surface area contributed by atoms with Gasteiger partial charge in [-0.3, -0.25) is 9.35 Å². The third kappa shape index (κ3) is 5.81. The largest absolute Gasteiger partial charge is 0.399 e. The number of carbonyl (C=O) groups excluding carboxylic acids is 1. The number of carbonyl (C=O) groups is 1. The first-order chi connectivity index (χ1) is 12.1. The van der Waals surface area contributed by atoms with Gasteiger partial charge in [-0.2, -0.15) is 8.42 Å². The van der Waals surface area contributed by atoms with Gasteiger partial charge in [0.1, 0.15) is 0 Å². The molecule has 140 valence electrons. The Labute approximate surface area is 150 Å². The molecule has 9 nitrogen and oxygen atoms in total. The van der Waals surface area contributed by atoms with Gasteiger partial charge >= 0.3 is 10.4 Å². The van der Waals surface area contributed by atoms with E-state index >= 15 is 0 Å². The number of anilines is 2. The quantitative estimate of drug-likeness (QED) is 0.461. The van der Waals surface area contributed by atoms with Gasteiger partial charge in [0.25, 0.3) is 5.91 Å². The second kappa shape index (κ2) is 7.83. The van der Waals surface area contributed by atoms with Crippen LogP contribution in [0.5, 0.6) is 0 Å². The topological polar surface area (TPSA) is 153 Å². The molecule has 11 heteroatoms. The van der Waals surface area contributed by atoms with Crippen LogP contribution < -0.4 is 11.1 Å². The molecular weight excluding hydrogens is 384 g/mol. The lowest BCUT2D eigenvalue weighted by Gasteiger charge is -2.09. The molecule has 0 fully saturated rings. The van der Waals surface area contributed by atoms with Crippen molar-refractivity contribution in [3.63, 3.8) is 0 Å². The first kappa shape index (κ1) is 19.8. The molecule has 0 aliphatic heterocycles. The van der Waals surface area contributed by atoms with Crippen LogP contribution in [0.1, 0.15) is 10.4 Å². The maximum atomic E-state index is 12.2. The summed E-state index contributed by atoms with van der Waals surface area (Å²) < 4.78 is 57.8. The first-order valence-corrected chi connectivity index (χ1v) is 10.2. The third-order valence-electron chi connectivity index (χ3n) is 3.21. The lowest BCUT2D eigenvalue weighted by atomic mass is 10.2. The molecule has 0 atom stereocenters. The number of nitrogen functional groups attached to an aromatic ring is 1. The van der Waals surface area contributed by atoms with Gasteiger partial charge in [0.2, 0.25) is 0 Å². The van der Waals surface area contributed by atoms with E-state index < -0.39 is 38.5 Å². The Bertz CT molecular complexity index is 1000. The van der Waals surface area contributed by atoms with E-state index in [1.165, 1.54) is 36.4 Å². The number of hydrogen-bond acceptors (Lipinski definition) is 7. The van der Waals surface area contributed by atoms with Crippen LogP contribution >= 0.6 is 0 Å². The van der Waals surface area contributed by atoms with Crippen molar-refractivity contribution >= 4 is 37.5 Å². The normalized spacial score (nSPS) is 11.9. The van der Waals surface area contributed by atoms with Crippen molar-refractivity contribution in [1.29, 1.82) is 0 Å². The SMILES string of the molecule is Nc1ccc(C(=O)Nc2cccc(S(=O)(=O)CCOS(=O)(=O)O)c2)cc1. The van der Waals surface area contributed by atoms with E-state index in [1.54, 1.807) is 12.1 Å². The van der Waals surface area contributed by atoms with E-state index in [1.807, 2.05) is 0 Å². The highest BCUT2D eigenvalue weighted by atomic mass is 32.3. The lowest BCUT2D eigenvalue weighted by molar-refractivity contribution is 0.102. The monoisotopic (exact) mass is 400 g/mol. The van der Waals surface area contributed by atoms with Gasteiger partial charge in [-0.05, 0) is 42.5 Å². The van der Waals surface area contributed by atoms with Crippen LogP contribution in [0.25, 0.3) is 0 Å². The smallest absolute Gasteiger partial charge is 0.397 e. The molecule has 0 aromatic heterocycles. The highest BCUT2D eigenvalue weighted by Crippen LogP contribution is 2.18. The average Bonchev–Trinajstić information content (AvgIpc) is 2.54. The fraction of sp³-hybridized carbons (Fsp3) is 0.133. The zero-order valence-electron chi connectivity index (χ0n) is 13.3. The van der Waals surface area contributed by atoms with Crippen LogP contribution in [0.2, 0.25) is 0 Å². The van der Waals surface area contributed by atoms with Crippen molar-refractivity contribution in [3.05, 3.63) is 54.1 Å². The van der Waals surface area contributed by atoms with Gasteiger partial charge in [-0.15, -0.1) is 0 Å². The van der Waals surface area contributed by atoms with Crippen molar-refractivity contribution in [2.24, 2.45) is 0 Å². The van der Waals surface area contributed by atoms with Crippen molar-refractivity contribution in [2.75, 3.05) is 23.4 Å². The van der Waals surface area contributed by atoms with E-state index in [9.17, 15) is 21.6 Å². The van der Waals surface area contributed by atoms with Crippen molar-refractivity contribution < 1.29 is 30.4 Å². The Kier molecular flexibility index (Phi) is 5.97. The van der Waals surface area contributed by atoms with Gasteiger partial charge in [0, 0.05) is 16.9 Å². The van der Waals surface area contributed by atoms with E-state index in [0.717, 1.165) is 0 Å². The molecule has 0 radical (unpaired) electrons. The summed E-state index contributed by atoms with van der Waals surface area (Å²) in [6.07, 6.45) is 0. The molecule has 0 bridgehead atoms. The summed E-state index contributed by atoms with van der Waals surface area (Å²) in [5.41, 5.74) is 6.63. The molecule has 1 amide bonds. The van der Waals surface area contributed by atoms with Crippen LogP contribution in [0.4, 0.5) is 11.4 Å². The summed E-state index contributed by atoms with van der Waals surface area (Å²) in [4.78, 5) is 12.0. The van der Waals surface area contributed by atoms with E-state index in [-0.39, 0.29) is 10.6 Å². The van der Waals surface area contributed by atoms with Crippen molar-refractivity contribution in [3.8, 4) is 0 Å². The summed E-state index contributed by atoms with van der Waals surface area (Å²) in [7, 11) is -8.60. The van der Waals surface area contributed by atoms with E-state index in [4.69, 9.17) is 10.3 Å². The number of hydrogen-bond donors (Lipinski definition) is 3. The first-order valence-electron chi connectivity index (χ1n) is 7.18. The molecule has 0 unspecified atom stereocenters. The van der Waals surface area contributed by atoms with Crippen molar-refractivity contribution in [2.45, 2.75) is 4.90 Å². The minimum atomic E-state index is -4.72. The molecule has 26 heavy (non-hydrogen) atoms. The summed E-state index contributed by atoms with van der Waals surface area (Å²) in [6.45, 7) is -0.733. The van der Waals surface area contributed by atoms with Crippen LogP contribution in [-0.4, -0.2) is 39.7 Å². The molecule has 2 aromatic carbocycles. The number of nitrogens with two attached hydrogens (primary N) is 1. The van der Waals surface area contributed by atoms with Crippen molar-refractivity contribution in [1.82, 2.24) is 0 Å². The molecule has 2 aromatic rings. The molecule has 0 aliphatic carbocycles. The van der Waals surface area contributed by atoms with Crippen LogP contribution in [0.15, 0.2) is 53.4 Å². The van der Waals surface area contributed by atoms with E-state index in [0.29, 0.717) is 11.3 Å². The Morgan fingerprint density at radius 2 is 1.73 bits per heavy atom. The Morgan fingerprint density at radius 3 is 2.35 bits per heavy atom. The standard InChI is InChI=1S/C15H16N2O7S2/c16-12-6-4-11(5-7-12)15(18)17-13-2-1-3-14(10-13)25(19,20)9-8-24-26(21,22)23/h1-7,10H,8-9,16H2,(H,17,18)(H,21,22,23). The van der Waals surface area contributed by atoms with Gasteiger partial charge < -0.3 is 11.1 Å². The average molecular weight is 400 g/mol. The molecular formula is C15H16N2O7S2. The highest BCUT2D eigenvalue weighted by Gasteiger charge is 2.17. The molecule has 0 aliphatic rings. The minimum Gasteiger partial charge on any atom is -0.399 e. The number of benzene rings is 2. The number of rotatable bonds is 7. The Hall–Kier alpha value is -2.47. The summed E-state index contributed by atoms with van der Waals surface area (Å²) >= 11 is 0. The zero-order valence-corrected chi connectivity index (χ0v) is 15.0. The fourth-order valence-corrected chi connectivity index (χ4v) is 3.50. The lowest BCUT2D eigenvalue weighted by Crippen LogP contribution is -2.16. The predicted molar refractivity (Wildman–Crippen MR) is 94.8 cm³/mol. The highest BCUT2D eigenvalue weighted by molar-refractivity contribution is 7.91. The van der Waals surface area contributed by atoms with Crippen LogP contribution in [-0.2, 0) is 24.4 Å². The molecule has 4 N–H and O–H groups in total. The Morgan fingerprint density at radius 1 is 1.08 bits per heavy atom. The van der Waals surface area contributed by atoms with Crippen LogP contribution in [0, 0.1) is 0 Å². The maximum absolute atomic E-state index is 12.2. The fourth-order valence-electron chi connectivity index (χ4n) is 1.97. The molecule has 0 saturated heterocycles. The zero-order chi connectivity index (χ0) is 19.4. The van der Waals surface area contributed by atoms with Gasteiger partial charge in [-0.1, -0.05) is 6.07 Å². The van der Waals surface area contributed by atoms with Crippen LogP contribution in [0.3, 0.4) is 0 Å². The second-order valence-corrected chi connectivity index (χ2v) is 8.37. The Balaban J connectivity index is 2.11. The third-order valence-corrected chi connectivity index (χ3v) is 5.35. The molecule has 0 saturated carbocycles. The maximum Gasteiger partial charge on any atom is 0.397 e. The van der Waals surface area contributed by atoms with E-state index in [2.05, 4.69) is 9.50 Å².